The Morgan fingerprint density at radius 1 is 1.24 bits per heavy atom. The summed E-state index contributed by atoms with van der Waals surface area (Å²) in [6, 6.07) is 8.55. The maximum atomic E-state index is 5.56. The molecular formula is C17H23N3O. The van der Waals surface area contributed by atoms with Crippen molar-refractivity contribution in [2.45, 2.75) is 45.6 Å². The van der Waals surface area contributed by atoms with Crippen molar-refractivity contribution in [3.63, 3.8) is 0 Å². The number of aryl methyl sites for hydroxylation is 1. The Labute approximate surface area is 126 Å². The number of nitrogens with zero attached hydrogens (tertiary/aromatic N) is 3. The van der Waals surface area contributed by atoms with Crippen LogP contribution >= 0.6 is 0 Å². The van der Waals surface area contributed by atoms with Crippen molar-refractivity contribution < 1.29 is 4.52 Å². The lowest BCUT2D eigenvalue weighted by Gasteiger charge is -2.32. The minimum atomic E-state index is 0.297. The molecule has 0 amide bonds. The van der Waals surface area contributed by atoms with Gasteiger partial charge in [-0.15, -0.1) is 0 Å². The van der Waals surface area contributed by atoms with Crippen molar-refractivity contribution >= 4 is 0 Å². The quantitative estimate of drug-likeness (QED) is 0.852. The van der Waals surface area contributed by atoms with E-state index in [0.29, 0.717) is 11.9 Å². The number of benzene rings is 1. The summed E-state index contributed by atoms with van der Waals surface area (Å²) in [5.41, 5.74) is 2.26. The third-order valence-electron chi connectivity index (χ3n) is 4.16. The van der Waals surface area contributed by atoms with E-state index in [1.807, 2.05) is 0 Å². The van der Waals surface area contributed by atoms with Crippen LogP contribution < -0.4 is 0 Å². The third kappa shape index (κ3) is 3.16. The molecule has 1 aliphatic heterocycles. The normalized spacial score (nSPS) is 19.8. The topological polar surface area (TPSA) is 42.2 Å². The summed E-state index contributed by atoms with van der Waals surface area (Å²) in [6.07, 6.45) is 4.80. The van der Waals surface area contributed by atoms with E-state index in [-0.39, 0.29) is 0 Å². The summed E-state index contributed by atoms with van der Waals surface area (Å²) < 4.78 is 5.56. The van der Waals surface area contributed by atoms with E-state index in [1.165, 1.54) is 18.4 Å². The summed E-state index contributed by atoms with van der Waals surface area (Å²) >= 11 is 0. The maximum Gasteiger partial charge on any atom is 0.244 e. The molecule has 2 heterocycles. The number of aromatic nitrogens is 2. The monoisotopic (exact) mass is 285 g/mol. The lowest BCUT2D eigenvalue weighted by Crippen LogP contribution is -2.34. The highest BCUT2D eigenvalue weighted by Gasteiger charge is 2.28. The second kappa shape index (κ2) is 6.39. The minimum absolute atomic E-state index is 0.297. The van der Waals surface area contributed by atoms with Gasteiger partial charge in [0.25, 0.3) is 0 Å². The Hall–Kier alpha value is -1.68. The van der Waals surface area contributed by atoms with Crippen LogP contribution in [0.5, 0.6) is 0 Å². The number of hydrogen-bond acceptors (Lipinski definition) is 4. The van der Waals surface area contributed by atoms with E-state index in [0.717, 1.165) is 37.4 Å². The van der Waals surface area contributed by atoms with Crippen LogP contribution in [0.4, 0.5) is 0 Å². The summed E-state index contributed by atoms with van der Waals surface area (Å²) in [7, 11) is 0. The molecule has 0 spiro atoms. The van der Waals surface area contributed by atoms with Gasteiger partial charge in [0.15, 0.2) is 0 Å². The number of likely N-dealkylation sites (tertiary alicyclic amines) is 1. The molecule has 3 rings (SSSR count). The minimum Gasteiger partial charge on any atom is -0.337 e. The van der Waals surface area contributed by atoms with Gasteiger partial charge in [0.2, 0.25) is 11.7 Å². The van der Waals surface area contributed by atoms with E-state index in [9.17, 15) is 0 Å². The first-order valence-corrected chi connectivity index (χ1v) is 7.92. The molecule has 2 aromatic rings. The standard InChI is InChI=1S/C17H23N3O/c1-3-11-20-12-5-4-6-15(20)17-18-16(19-21-17)14-9-7-13(2)8-10-14/h7-10,15H,3-6,11-12H2,1-2H3. The van der Waals surface area contributed by atoms with Gasteiger partial charge in [-0.25, -0.2) is 0 Å². The average Bonchev–Trinajstić information content (AvgIpc) is 2.99. The van der Waals surface area contributed by atoms with E-state index < -0.39 is 0 Å². The Bertz CT molecular complexity index is 574. The van der Waals surface area contributed by atoms with Gasteiger partial charge in [-0.05, 0) is 39.3 Å². The van der Waals surface area contributed by atoms with Crippen molar-refractivity contribution in [3.8, 4) is 11.4 Å². The van der Waals surface area contributed by atoms with E-state index >= 15 is 0 Å². The second-order valence-corrected chi connectivity index (χ2v) is 5.87. The first kappa shape index (κ1) is 14.3. The fraction of sp³-hybridized carbons (Fsp3) is 0.529. The van der Waals surface area contributed by atoms with Crippen LogP contribution in [0.25, 0.3) is 11.4 Å². The molecule has 0 saturated carbocycles. The highest BCUT2D eigenvalue weighted by atomic mass is 16.5. The van der Waals surface area contributed by atoms with Crippen molar-refractivity contribution in [1.82, 2.24) is 15.0 Å². The summed E-state index contributed by atoms with van der Waals surface area (Å²) in [4.78, 5) is 7.13. The lowest BCUT2D eigenvalue weighted by molar-refractivity contribution is 0.119. The summed E-state index contributed by atoms with van der Waals surface area (Å²) in [5, 5.41) is 4.17. The molecule has 0 radical (unpaired) electrons. The molecular weight excluding hydrogens is 262 g/mol. The van der Waals surface area contributed by atoms with Gasteiger partial charge >= 0.3 is 0 Å². The number of rotatable bonds is 4. The van der Waals surface area contributed by atoms with Crippen molar-refractivity contribution in [1.29, 1.82) is 0 Å². The summed E-state index contributed by atoms with van der Waals surface area (Å²) in [5.74, 6) is 1.48. The van der Waals surface area contributed by atoms with Crippen LogP contribution in [0.3, 0.4) is 0 Å². The molecule has 0 bridgehead atoms. The first-order valence-electron chi connectivity index (χ1n) is 7.92. The Morgan fingerprint density at radius 2 is 2.05 bits per heavy atom. The molecule has 1 unspecified atom stereocenters. The molecule has 4 heteroatoms. The van der Waals surface area contributed by atoms with Gasteiger partial charge in [0, 0.05) is 5.56 Å². The molecule has 1 aromatic heterocycles. The zero-order chi connectivity index (χ0) is 14.7. The number of piperidine rings is 1. The zero-order valence-corrected chi connectivity index (χ0v) is 12.9. The smallest absolute Gasteiger partial charge is 0.244 e. The van der Waals surface area contributed by atoms with E-state index in [1.54, 1.807) is 0 Å². The lowest BCUT2D eigenvalue weighted by atomic mass is 10.0. The van der Waals surface area contributed by atoms with Crippen molar-refractivity contribution in [2.75, 3.05) is 13.1 Å². The highest BCUT2D eigenvalue weighted by Crippen LogP contribution is 2.31. The molecule has 1 atom stereocenters. The van der Waals surface area contributed by atoms with Crippen LogP contribution in [-0.4, -0.2) is 28.1 Å². The molecule has 112 valence electrons. The van der Waals surface area contributed by atoms with Crippen LogP contribution in [0.2, 0.25) is 0 Å². The molecule has 1 aromatic carbocycles. The van der Waals surface area contributed by atoms with Gasteiger partial charge in [0.1, 0.15) is 0 Å². The van der Waals surface area contributed by atoms with E-state index in [2.05, 4.69) is 53.2 Å². The molecule has 0 N–H and O–H groups in total. The Kier molecular flexibility index (Phi) is 4.34. The highest BCUT2D eigenvalue weighted by molar-refractivity contribution is 5.54. The van der Waals surface area contributed by atoms with Gasteiger partial charge in [-0.3, -0.25) is 4.90 Å². The van der Waals surface area contributed by atoms with Crippen molar-refractivity contribution in [3.05, 3.63) is 35.7 Å². The molecule has 1 aliphatic rings. The number of hydrogen-bond donors (Lipinski definition) is 0. The maximum absolute atomic E-state index is 5.56. The van der Waals surface area contributed by atoms with Crippen LogP contribution in [0.15, 0.2) is 28.8 Å². The zero-order valence-electron chi connectivity index (χ0n) is 12.9. The summed E-state index contributed by atoms with van der Waals surface area (Å²) in [6.45, 7) is 6.54. The fourth-order valence-electron chi connectivity index (χ4n) is 3.02. The van der Waals surface area contributed by atoms with Crippen LogP contribution in [0, 0.1) is 6.92 Å². The van der Waals surface area contributed by atoms with E-state index in [4.69, 9.17) is 4.52 Å². The van der Waals surface area contributed by atoms with Gasteiger partial charge in [-0.2, -0.15) is 4.98 Å². The fourth-order valence-corrected chi connectivity index (χ4v) is 3.02. The van der Waals surface area contributed by atoms with Gasteiger partial charge < -0.3 is 4.52 Å². The SMILES string of the molecule is CCCN1CCCCC1c1nc(-c2ccc(C)cc2)no1. The Balaban J connectivity index is 1.81. The molecule has 21 heavy (non-hydrogen) atoms. The van der Waals surface area contributed by atoms with Crippen LogP contribution in [0.1, 0.15) is 50.1 Å². The predicted octanol–water partition coefficient (Wildman–Crippen LogP) is 3.98. The second-order valence-electron chi connectivity index (χ2n) is 5.87. The van der Waals surface area contributed by atoms with Crippen LogP contribution in [-0.2, 0) is 0 Å². The third-order valence-corrected chi connectivity index (χ3v) is 4.16. The average molecular weight is 285 g/mol. The predicted molar refractivity (Wildman–Crippen MR) is 82.9 cm³/mol. The largest absolute Gasteiger partial charge is 0.337 e. The van der Waals surface area contributed by atoms with Gasteiger partial charge in [-0.1, -0.05) is 48.3 Å². The van der Waals surface area contributed by atoms with Gasteiger partial charge in [0.05, 0.1) is 6.04 Å². The molecule has 0 aliphatic carbocycles. The van der Waals surface area contributed by atoms with Crippen molar-refractivity contribution in [2.24, 2.45) is 0 Å². The molecule has 4 nitrogen and oxygen atoms in total. The molecule has 1 fully saturated rings. The molecule has 1 saturated heterocycles. The Morgan fingerprint density at radius 3 is 2.81 bits per heavy atom. The first-order chi connectivity index (χ1) is 10.3.